The van der Waals surface area contributed by atoms with E-state index in [0.717, 1.165) is 27.8 Å². The Kier molecular flexibility index (Phi) is 5.04. The summed E-state index contributed by atoms with van der Waals surface area (Å²) in [7, 11) is 0. The molecule has 4 aromatic rings. The van der Waals surface area contributed by atoms with Gasteiger partial charge in [-0.2, -0.15) is 0 Å². The summed E-state index contributed by atoms with van der Waals surface area (Å²) >= 11 is 0. The van der Waals surface area contributed by atoms with Crippen LogP contribution in [0.15, 0.2) is 77.9 Å². The zero-order chi connectivity index (χ0) is 20.4. The number of carbonyl (C=O) groups is 1. The Labute approximate surface area is 169 Å². The Morgan fingerprint density at radius 1 is 0.897 bits per heavy atom. The molecule has 0 aliphatic carbocycles. The fourth-order valence-electron chi connectivity index (χ4n) is 3.51. The van der Waals surface area contributed by atoms with E-state index >= 15 is 0 Å². The molecule has 0 fully saturated rings. The molecule has 0 atom stereocenters. The third kappa shape index (κ3) is 3.85. The Morgan fingerprint density at radius 2 is 1.62 bits per heavy atom. The van der Waals surface area contributed by atoms with E-state index < -0.39 is 0 Å². The number of benzene rings is 2. The molecule has 0 bridgehead atoms. The van der Waals surface area contributed by atoms with Crippen molar-refractivity contribution in [3.63, 3.8) is 0 Å². The van der Waals surface area contributed by atoms with Gasteiger partial charge >= 0.3 is 0 Å². The van der Waals surface area contributed by atoms with E-state index in [9.17, 15) is 9.59 Å². The maximum absolute atomic E-state index is 13.1. The van der Waals surface area contributed by atoms with E-state index in [0.29, 0.717) is 12.1 Å². The van der Waals surface area contributed by atoms with E-state index in [-0.39, 0.29) is 18.0 Å². The summed E-state index contributed by atoms with van der Waals surface area (Å²) in [6, 6.07) is 19.6. The summed E-state index contributed by atoms with van der Waals surface area (Å²) < 4.78 is 3.40. The smallest absolute Gasteiger partial charge is 0.275 e. The van der Waals surface area contributed by atoms with Gasteiger partial charge < -0.3 is 14.5 Å². The lowest BCUT2D eigenvalue weighted by Crippen LogP contribution is -2.28. The number of fused-ring (bicyclic) bond motifs is 1. The average molecular weight is 385 g/mol. The van der Waals surface area contributed by atoms with Gasteiger partial charge in [0.2, 0.25) is 5.91 Å². The Morgan fingerprint density at radius 3 is 2.38 bits per heavy atom. The minimum Gasteiger partial charge on any atom is -0.339 e. The predicted octanol–water partition coefficient (Wildman–Crippen LogP) is 4.11. The van der Waals surface area contributed by atoms with E-state index in [2.05, 4.69) is 5.32 Å². The largest absolute Gasteiger partial charge is 0.339 e. The molecular formula is C24H23N3O2. The van der Waals surface area contributed by atoms with Crippen molar-refractivity contribution in [2.24, 2.45) is 0 Å². The highest BCUT2D eigenvalue weighted by atomic mass is 16.2. The lowest BCUT2D eigenvalue weighted by Gasteiger charge is -2.12. The van der Waals surface area contributed by atoms with Gasteiger partial charge in [0.25, 0.3) is 5.56 Å². The number of aryl methyl sites for hydroxylation is 1. The first-order chi connectivity index (χ1) is 14.0. The number of hydrogen-bond acceptors (Lipinski definition) is 2. The van der Waals surface area contributed by atoms with Gasteiger partial charge in [-0.3, -0.25) is 9.59 Å². The summed E-state index contributed by atoms with van der Waals surface area (Å²) in [5.41, 5.74) is 4.47. The third-order valence-electron chi connectivity index (χ3n) is 5.28. The minimum atomic E-state index is -0.221. The molecule has 146 valence electrons. The predicted molar refractivity (Wildman–Crippen MR) is 116 cm³/mol. The molecule has 1 N–H and O–H groups in total. The van der Waals surface area contributed by atoms with Crippen LogP contribution in [0.2, 0.25) is 0 Å². The van der Waals surface area contributed by atoms with Gasteiger partial charge in [-0.25, -0.2) is 0 Å². The maximum Gasteiger partial charge on any atom is 0.275 e. The van der Waals surface area contributed by atoms with Gasteiger partial charge in [-0.1, -0.05) is 42.5 Å². The first-order valence-corrected chi connectivity index (χ1v) is 9.61. The van der Waals surface area contributed by atoms with E-state index in [4.69, 9.17) is 0 Å². The fraction of sp³-hybridized carbons (Fsp3) is 0.167. The number of rotatable bonds is 5. The van der Waals surface area contributed by atoms with Crippen LogP contribution in [0.1, 0.15) is 16.7 Å². The highest BCUT2D eigenvalue weighted by molar-refractivity contribution is 5.91. The van der Waals surface area contributed by atoms with Gasteiger partial charge in [0.05, 0.1) is 0 Å². The van der Waals surface area contributed by atoms with Gasteiger partial charge in [0, 0.05) is 30.0 Å². The number of nitrogens with one attached hydrogen (secondary N) is 1. The zero-order valence-electron chi connectivity index (χ0n) is 16.6. The van der Waals surface area contributed by atoms with Crippen molar-refractivity contribution < 1.29 is 4.79 Å². The maximum atomic E-state index is 13.1. The first kappa shape index (κ1) is 18.7. The van der Waals surface area contributed by atoms with Crippen molar-refractivity contribution in [1.82, 2.24) is 9.13 Å². The average Bonchev–Trinajstić information content (AvgIpc) is 3.12. The molecule has 4 rings (SSSR count). The van der Waals surface area contributed by atoms with Crippen molar-refractivity contribution in [2.45, 2.75) is 26.9 Å². The normalized spacial score (nSPS) is 11.0. The van der Waals surface area contributed by atoms with Crippen LogP contribution in [0.5, 0.6) is 0 Å². The van der Waals surface area contributed by atoms with Gasteiger partial charge in [-0.15, -0.1) is 0 Å². The quantitative estimate of drug-likeness (QED) is 0.562. The summed E-state index contributed by atoms with van der Waals surface area (Å²) in [5, 5.41) is 3.79. The summed E-state index contributed by atoms with van der Waals surface area (Å²) in [6.45, 7) is 4.56. The molecule has 29 heavy (non-hydrogen) atoms. The number of pyridine rings is 1. The summed E-state index contributed by atoms with van der Waals surface area (Å²) in [4.78, 5) is 25.6. The summed E-state index contributed by atoms with van der Waals surface area (Å²) in [5.74, 6) is -0.221. The molecule has 0 aliphatic heterocycles. The van der Waals surface area contributed by atoms with Crippen LogP contribution < -0.4 is 10.9 Å². The SMILES string of the molecule is Cc1cccc(NC(=O)Cn2ccc3ccn(Cc4ccccc4)c3c2=O)c1C. The highest BCUT2D eigenvalue weighted by Gasteiger charge is 2.12. The monoisotopic (exact) mass is 385 g/mol. The van der Waals surface area contributed by atoms with Crippen LogP contribution in [0.3, 0.4) is 0 Å². The molecule has 0 unspecified atom stereocenters. The van der Waals surface area contributed by atoms with Crippen LogP contribution >= 0.6 is 0 Å². The Balaban J connectivity index is 1.60. The van der Waals surface area contributed by atoms with Crippen LogP contribution in [0.4, 0.5) is 5.69 Å². The van der Waals surface area contributed by atoms with Gasteiger partial charge in [0.1, 0.15) is 12.1 Å². The molecular weight excluding hydrogens is 362 g/mol. The van der Waals surface area contributed by atoms with E-state index in [1.807, 2.05) is 85.3 Å². The minimum absolute atomic E-state index is 0.0291. The molecule has 0 radical (unpaired) electrons. The fourth-order valence-corrected chi connectivity index (χ4v) is 3.51. The second-order valence-corrected chi connectivity index (χ2v) is 7.28. The van der Waals surface area contributed by atoms with E-state index in [1.165, 1.54) is 4.57 Å². The number of carbonyl (C=O) groups excluding carboxylic acids is 1. The molecule has 5 heteroatoms. The van der Waals surface area contributed by atoms with Crippen molar-refractivity contribution >= 4 is 22.5 Å². The van der Waals surface area contributed by atoms with Gasteiger partial charge in [-0.05, 0) is 48.7 Å². The molecule has 2 aromatic heterocycles. The molecule has 0 spiro atoms. The van der Waals surface area contributed by atoms with Crippen LogP contribution in [-0.4, -0.2) is 15.0 Å². The number of hydrogen-bond donors (Lipinski definition) is 1. The summed E-state index contributed by atoms with van der Waals surface area (Å²) in [6.07, 6.45) is 3.60. The molecule has 2 aromatic carbocycles. The molecule has 1 amide bonds. The number of amides is 1. The van der Waals surface area contributed by atoms with Crippen molar-refractivity contribution in [3.8, 4) is 0 Å². The van der Waals surface area contributed by atoms with Crippen molar-refractivity contribution in [2.75, 3.05) is 5.32 Å². The topological polar surface area (TPSA) is 56.0 Å². The lowest BCUT2D eigenvalue weighted by molar-refractivity contribution is -0.116. The second-order valence-electron chi connectivity index (χ2n) is 7.28. The molecule has 0 saturated carbocycles. The second kappa shape index (κ2) is 7.80. The Hall–Kier alpha value is -3.60. The van der Waals surface area contributed by atoms with Gasteiger partial charge in [0.15, 0.2) is 0 Å². The lowest BCUT2D eigenvalue weighted by atomic mass is 10.1. The zero-order valence-corrected chi connectivity index (χ0v) is 16.6. The first-order valence-electron chi connectivity index (χ1n) is 9.61. The highest BCUT2D eigenvalue weighted by Crippen LogP contribution is 2.18. The Bertz CT molecular complexity index is 1240. The molecule has 0 saturated heterocycles. The molecule has 5 nitrogen and oxygen atoms in total. The van der Waals surface area contributed by atoms with Crippen LogP contribution in [0.25, 0.3) is 10.9 Å². The third-order valence-corrected chi connectivity index (χ3v) is 5.28. The number of anilines is 1. The van der Waals surface area contributed by atoms with Crippen LogP contribution in [0, 0.1) is 13.8 Å². The van der Waals surface area contributed by atoms with Crippen molar-refractivity contribution in [3.05, 3.63) is 100 Å². The molecule has 0 aliphatic rings. The van der Waals surface area contributed by atoms with E-state index in [1.54, 1.807) is 6.20 Å². The van der Waals surface area contributed by atoms with Crippen molar-refractivity contribution in [1.29, 1.82) is 0 Å². The number of nitrogens with zero attached hydrogens (tertiary/aromatic N) is 2. The molecule has 2 heterocycles. The number of aromatic nitrogens is 2. The van der Waals surface area contributed by atoms with Crippen LogP contribution in [-0.2, 0) is 17.9 Å². The standard InChI is InChI=1S/C24H23N3O2/c1-17-7-6-10-21(18(17)2)25-22(28)16-27-14-12-20-11-13-26(23(20)24(27)29)15-19-8-4-3-5-9-19/h3-14H,15-16H2,1-2H3,(H,25,28).